The van der Waals surface area contributed by atoms with Gasteiger partial charge >= 0.3 is 0 Å². The Kier molecular flexibility index (Phi) is 5.96. The zero-order valence-electron chi connectivity index (χ0n) is 16.5. The summed E-state index contributed by atoms with van der Waals surface area (Å²) in [5, 5.41) is 2.01. The molecule has 29 heavy (non-hydrogen) atoms. The fourth-order valence-corrected chi connectivity index (χ4v) is 4.03. The second kappa shape index (κ2) is 8.97. The fraction of sp³-hybridized carbons (Fsp3) is 0.208. The summed E-state index contributed by atoms with van der Waals surface area (Å²) in [5.74, 6) is 0.896. The first-order valence-corrected chi connectivity index (χ1v) is 10.6. The Bertz CT molecular complexity index is 1030. The third-order valence-corrected chi connectivity index (χ3v) is 5.81. The molecule has 0 fully saturated rings. The molecule has 0 spiro atoms. The molecule has 0 aliphatic carbocycles. The number of rotatable bonds is 8. The largest absolute Gasteiger partial charge is 0.467 e. The van der Waals surface area contributed by atoms with Crippen molar-refractivity contribution in [1.29, 1.82) is 0 Å². The van der Waals surface area contributed by atoms with Crippen LogP contribution in [0.2, 0.25) is 0 Å². The van der Waals surface area contributed by atoms with Crippen molar-refractivity contribution in [2.45, 2.75) is 33.0 Å². The lowest BCUT2D eigenvalue weighted by Gasteiger charge is -2.23. The molecule has 0 saturated heterocycles. The Hall–Kier alpha value is -3.05. The molecule has 0 atom stereocenters. The summed E-state index contributed by atoms with van der Waals surface area (Å²) in [7, 11) is 0. The van der Waals surface area contributed by atoms with E-state index in [1.807, 2.05) is 40.6 Å². The number of carbonyl (C=O) groups excluding carboxylic acids is 1. The summed E-state index contributed by atoms with van der Waals surface area (Å²) < 4.78 is 7.71. The highest BCUT2D eigenvalue weighted by Crippen LogP contribution is 2.17. The molecular weight excluding hydrogens is 380 g/mol. The minimum absolute atomic E-state index is 0.104. The maximum Gasteiger partial charge on any atom is 0.228 e. The summed E-state index contributed by atoms with van der Waals surface area (Å²) >= 11 is 1.61. The van der Waals surface area contributed by atoms with Crippen molar-refractivity contribution in [3.8, 4) is 0 Å². The summed E-state index contributed by atoms with van der Waals surface area (Å²) in [4.78, 5) is 16.0. The zero-order valence-corrected chi connectivity index (χ0v) is 17.3. The van der Waals surface area contributed by atoms with Gasteiger partial charge in [0.1, 0.15) is 5.76 Å². The van der Waals surface area contributed by atoms with Crippen LogP contribution in [0.3, 0.4) is 0 Å². The van der Waals surface area contributed by atoms with E-state index in [0.717, 1.165) is 22.9 Å². The molecule has 3 aromatic heterocycles. The molecular formula is C24H24N2O2S. The van der Waals surface area contributed by atoms with Crippen molar-refractivity contribution >= 4 is 17.2 Å². The van der Waals surface area contributed by atoms with Crippen molar-refractivity contribution in [2.75, 3.05) is 0 Å². The molecule has 0 aliphatic heterocycles. The van der Waals surface area contributed by atoms with Gasteiger partial charge in [0.2, 0.25) is 5.91 Å². The van der Waals surface area contributed by atoms with E-state index in [4.69, 9.17) is 4.42 Å². The van der Waals surface area contributed by atoms with Gasteiger partial charge in [-0.05, 0) is 48.2 Å². The fourth-order valence-electron chi connectivity index (χ4n) is 3.33. The predicted octanol–water partition coefficient (Wildman–Crippen LogP) is 5.27. The standard InChI is InChI=1S/C24H24N2O2S/c1-19-8-10-20(11-9-19)16-25-12-2-5-21(25)17-26(18-22-6-3-13-28-22)24(27)15-23-7-4-14-29-23/h2-14H,15-18H2,1H3. The van der Waals surface area contributed by atoms with E-state index in [1.54, 1.807) is 17.6 Å². The number of hydrogen-bond acceptors (Lipinski definition) is 3. The molecule has 1 aromatic carbocycles. The topological polar surface area (TPSA) is 38.4 Å². The van der Waals surface area contributed by atoms with Gasteiger partial charge in [-0.2, -0.15) is 0 Å². The third-order valence-electron chi connectivity index (χ3n) is 4.93. The van der Waals surface area contributed by atoms with Gasteiger partial charge in [0.05, 0.1) is 25.8 Å². The van der Waals surface area contributed by atoms with Crippen LogP contribution in [-0.4, -0.2) is 15.4 Å². The Morgan fingerprint density at radius 1 is 1.03 bits per heavy atom. The molecule has 4 rings (SSSR count). The van der Waals surface area contributed by atoms with Crippen LogP contribution in [0, 0.1) is 6.92 Å². The summed E-state index contributed by atoms with van der Waals surface area (Å²) in [6.07, 6.45) is 4.14. The lowest BCUT2D eigenvalue weighted by molar-refractivity contribution is -0.132. The highest BCUT2D eigenvalue weighted by molar-refractivity contribution is 7.10. The Labute approximate surface area is 175 Å². The normalized spacial score (nSPS) is 10.9. The monoisotopic (exact) mass is 404 g/mol. The lowest BCUT2D eigenvalue weighted by atomic mass is 10.1. The first kappa shape index (κ1) is 19.3. The van der Waals surface area contributed by atoms with Crippen LogP contribution in [0.1, 0.15) is 27.5 Å². The predicted molar refractivity (Wildman–Crippen MR) is 116 cm³/mol. The van der Waals surface area contributed by atoms with E-state index in [9.17, 15) is 4.79 Å². The van der Waals surface area contributed by atoms with Crippen LogP contribution < -0.4 is 0 Å². The zero-order chi connectivity index (χ0) is 20.1. The number of furan rings is 1. The molecule has 0 N–H and O–H groups in total. The maximum absolute atomic E-state index is 13.1. The summed E-state index contributed by atoms with van der Waals surface area (Å²) in [5.41, 5.74) is 3.61. The van der Waals surface area contributed by atoms with Gasteiger partial charge in [0, 0.05) is 23.3 Å². The minimum Gasteiger partial charge on any atom is -0.467 e. The van der Waals surface area contributed by atoms with Crippen LogP contribution in [0.25, 0.3) is 0 Å². The number of amides is 1. The van der Waals surface area contributed by atoms with Crippen LogP contribution in [-0.2, 0) is 30.8 Å². The van der Waals surface area contributed by atoms with Gasteiger partial charge in [-0.1, -0.05) is 35.9 Å². The number of aromatic nitrogens is 1. The number of nitrogens with zero attached hydrogens (tertiary/aromatic N) is 2. The van der Waals surface area contributed by atoms with Crippen molar-refractivity contribution in [3.05, 3.63) is 106 Å². The molecule has 0 aliphatic rings. The van der Waals surface area contributed by atoms with Crippen molar-refractivity contribution < 1.29 is 9.21 Å². The van der Waals surface area contributed by atoms with Crippen molar-refractivity contribution in [2.24, 2.45) is 0 Å². The summed E-state index contributed by atoms with van der Waals surface area (Å²) in [6, 6.07) is 20.5. The second-order valence-corrected chi connectivity index (χ2v) is 8.23. The molecule has 0 saturated carbocycles. The lowest BCUT2D eigenvalue weighted by Crippen LogP contribution is -2.32. The number of benzene rings is 1. The van der Waals surface area contributed by atoms with Crippen molar-refractivity contribution in [3.63, 3.8) is 0 Å². The Morgan fingerprint density at radius 3 is 2.62 bits per heavy atom. The highest BCUT2D eigenvalue weighted by atomic mass is 32.1. The Balaban J connectivity index is 1.52. The molecule has 1 amide bonds. The van der Waals surface area contributed by atoms with E-state index in [2.05, 4.69) is 48.0 Å². The molecule has 5 heteroatoms. The summed E-state index contributed by atoms with van der Waals surface area (Å²) in [6.45, 7) is 3.89. The average molecular weight is 405 g/mol. The smallest absolute Gasteiger partial charge is 0.228 e. The maximum atomic E-state index is 13.1. The number of carbonyl (C=O) groups is 1. The van der Waals surface area contributed by atoms with E-state index >= 15 is 0 Å². The first-order chi connectivity index (χ1) is 14.2. The van der Waals surface area contributed by atoms with Crippen LogP contribution in [0.5, 0.6) is 0 Å². The SMILES string of the molecule is Cc1ccc(Cn2cccc2CN(Cc2ccco2)C(=O)Cc2cccs2)cc1. The van der Waals surface area contributed by atoms with Gasteiger partial charge in [-0.15, -0.1) is 11.3 Å². The van der Waals surface area contributed by atoms with Gasteiger partial charge in [-0.3, -0.25) is 4.79 Å². The Morgan fingerprint density at radius 2 is 1.90 bits per heavy atom. The first-order valence-electron chi connectivity index (χ1n) is 9.69. The van der Waals surface area contributed by atoms with Gasteiger partial charge in [0.25, 0.3) is 0 Å². The van der Waals surface area contributed by atoms with Gasteiger partial charge < -0.3 is 13.9 Å². The molecule has 0 bridgehead atoms. The molecule has 0 unspecified atom stereocenters. The third kappa shape index (κ3) is 5.06. The number of aryl methyl sites for hydroxylation is 1. The van der Waals surface area contributed by atoms with E-state index in [0.29, 0.717) is 19.5 Å². The minimum atomic E-state index is 0.104. The van der Waals surface area contributed by atoms with E-state index in [-0.39, 0.29) is 5.91 Å². The molecule has 148 valence electrons. The number of thiophene rings is 1. The molecule has 3 heterocycles. The molecule has 0 radical (unpaired) electrons. The highest BCUT2D eigenvalue weighted by Gasteiger charge is 2.18. The molecule has 4 aromatic rings. The average Bonchev–Trinajstić information content (AvgIpc) is 3.47. The van der Waals surface area contributed by atoms with Crippen LogP contribution >= 0.6 is 11.3 Å². The van der Waals surface area contributed by atoms with Gasteiger partial charge in [0.15, 0.2) is 0 Å². The van der Waals surface area contributed by atoms with Gasteiger partial charge in [-0.25, -0.2) is 0 Å². The van der Waals surface area contributed by atoms with E-state index < -0.39 is 0 Å². The van der Waals surface area contributed by atoms with Crippen molar-refractivity contribution in [1.82, 2.24) is 9.47 Å². The molecule has 4 nitrogen and oxygen atoms in total. The number of hydrogen-bond donors (Lipinski definition) is 0. The van der Waals surface area contributed by atoms with E-state index in [1.165, 1.54) is 11.1 Å². The van der Waals surface area contributed by atoms with Crippen LogP contribution in [0.15, 0.2) is 82.9 Å². The quantitative estimate of drug-likeness (QED) is 0.401. The van der Waals surface area contributed by atoms with Crippen LogP contribution in [0.4, 0.5) is 0 Å². The second-order valence-electron chi connectivity index (χ2n) is 7.20.